The van der Waals surface area contributed by atoms with E-state index in [1.807, 2.05) is 48.5 Å². The summed E-state index contributed by atoms with van der Waals surface area (Å²) in [5, 5.41) is 1.04. The predicted molar refractivity (Wildman–Crippen MR) is 90.3 cm³/mol. The fourth-order valence-electron chi connectivity index (χ4n) is 2.42. The fourth-order valence-corrected chi connectivity index (χ4v) is 2.42. The van der Waals surface area contributed by atoms with Gasteiger partial charge in [0.15, 0.2) is 0 Å². The van der Waals surface area contributed by atoms with Gasteiger partial charge in [0, 0.05) is 35.1 Å². The van der Waals surface area contributed by atoms with Crippen LogP contribution in [0.25, 0.3) is 22.0 Å². The molecule has 3 aromatic rings. The summed E-state index contributed by atoms with van der Waals surface area (Å²) in [5.74, 6) is 5.52. The van der Waals surface area contributed by atoms with Crippen LogP contribution in [0.5, 0.6) is 0 Å². The number of hydrazine groups is 1. The van der Waals surface area contributed by atoms with Crippen LogP contribution in [0.2, 0.25) is 0 Å². The molecule has 0 fully saturated rings. The van der Waals surface area contributed by atoms with E-state index in [0.29, 0.717) is 0 Å². The van der Waals surface area contributed by atoms with Crippen molar-refractivity contribution in [1.82, 2.24) is 15.4 Å². The zero-order chi connectivity index (χ0) is 15.4. The molecule has 4 heteroatoms. The molecule has 0 aliphatic rings. The van der Waals surface area contributed by atoms with Crippen LogP contribution in [0.4, 0.5) is 0 Å². The minimum absolute atomic E-state index is 0.801. The minimum Gasteiger partial charge on any atom is -0.331 e. The number of benzene rings is 1. The van der Waals surface area contributed by atoms with Crippen LogP contribution >= 0.6 is 0 Å². The summed E-state index contributed by atoms with van der Waals surface area (Å²) < 4.78 is 0. The van der Waals surface area contributed by atoms with E-state index >= 15 is 0 Å². The van der Waals surface area contributed by atoms with Crippen molar-refractivity contribution in [2.75, 3.05) is 0 Å². The van der Waals surface area contributed by atoms with Gasteiger partial charge in [-0.1, -0.05) is 30.8 Å². The first-order valence-electron chi connectivity index (χ1n) is 6.92. The second-order valence-corrected chi connectivity index (χ2v) is 4.79. The molecular formula is C18H16N4. The van der Waals surface area contributed by atoms with Gasteiger partial charge in [-0.05, 0) is 29.8 Å². The van der Waals surface area contributed by atoms with E-state index in [9.17, 15) is 0 Å². The van der Waals surface area contributed by atoms with Crippen LogP contribution in [0.15, 0.2) is 73.7 Å². The SMILES string of the molecule is C=C(/C(=C\NN)c1ccnc2ccccc12)c1ccccn1. The lowest BCUT2D eigenvalue weighted by atomic mass is 9.94. The lowest BCUT2D eigenvalue weighted by Gasteiger charge is -2.13. The molecule has 0 unspecified atom stereocenters. The number of nitrogens with zero attached hydrogens (tertiary/aromatic N) is 2. The van der Waals surface area contributed by atoms with Crippen LogP contribution in [-0.2, 0) is 0 Å². The number of fused-ring (bicyclic) bond motifs is 1. The summed E-state index contributed by atoms with van der Waals surface area (Å²) in [4.78, 5) is 8.76. The number of aromatic nitrogens is 2. The molecule has 0 saturated carbocycles. The molecule has 0 bridgehead atoms. The van der Waals surface area contributed by atoms with Gasteiger partial charge in [-0.25, -0.2) is 0 Å². The number of pyridine rings is 2. The molecule has 0 aliphatic carbocycles. The van der Waals surface area contributed by atoms with Gasteiger partial charge >= 0.3 is 0 Å². The van der Waals surface area contributed by atoms with Crippen molar-refractivity contribution in [2.45, 2.75) is 0 Å². The van der Waals surface area contributed by atoms with Gasteiger partial charge in [-0.3, -0.25) is 15.8 Å². The highest BCUT2D eigenvalue weighted by Crippen LogP contribution is 2.32. The summed E-state index contributed by atoms with van der Waals surface area (Å²) in [7, 11) is 0. The Balaban J connectivity index is 2.16. The minimum atomic E-state index is 0.801. The van der Waals surface area contributed by atoms with Gasteiger partial charge in [0.2, 0.25) is 0 Å². The number of para-hydroxylation sites is 1. The molecule has 0 saturated heterocycles. The van der Waals surface area contributed by atoms with Crippen LogP contribution in [0.3, 0.4) is 0 Å². The highest BCUT2D eigenvalue weighted by atomic mass is 15.2. The van der Waals surface area contributed by atoms with Gasteiger partial charge in [-0.15, -0.1) is 0 Å². The molecule has 0 atom stereocenters. The first-order chi connectivity index (χ1) is 10.8. The van der Waals surface area contributed by atoms with Crippen molar-refractivity contribution >= 4 is 22.0 Å². The smallest absolute Gasteiger partial charge is 0.0708 e. The highest BCUT2D eigenvalue weighted by Gasteiger charge is 2.12. The largest absolute Gasteiger partial charge is 0.331 e. The molecule has 1 aromatic carbocycles. The number of hydrogen-bond acceptors (Lipinski definition) is 4. The summed E-state index contributed by atoms with van der Waals surface area (Å²) >= 11 is 0. The van der Waals surface area contributed by atoms with Gasteiger partial charge in [0.05, 0.1) is 11.2 Å². The Morgan fingerprint density at radius 2 is 1.82 bits per heavy atom. The number of allylic oxidation sites excluding steroid dienone is 2. The molecule has 0 aliphatic heterocycles. The highest BCUT2D eigenvalue weighted by molar-refractivity contribution is 6.08. The third kappa shape index (κ3) is 2.60. The second-order valence-electron chi connectivity index (χ2n) is 4.79. The molecule has 3 rings (SSSR count). The normalized spacial score (nSPS) is 11.4. The number of rotatable bonds is 4. The summed E-state index contributed by atoms with van der Waals surface area (Å²) in [6, 6.07) is 15.7. The monoisotopic (exact) mass is 288 g/mol. The molecule has 0 amide bonds. The van der Waals surface area contributed by atoms with E-state index in [-0.39, 0.29) is 0 Å². The van der Waals surface area contributed by atoms with E-state index < -0.39 is 0 Å². The number of nitrogens with one attached hydrogen (secondary N) is 1. The van der Waals surface area contributed by atoms with E-state index in [2.05, 4.69) is 22.0 Å². The van der Waals surface area contributed by atoms with Gasteiger partial charge < -0.3 is 5.43 Å². The summed E-state index contributed by atoms with van der Waals surface area (Å²) in [5.41, 5.74) is 7.05. The Kier molecular flexibility index (Phi) is 3.94. The Hall–Kier alpha value is -2.98. The van der Waals surface area contributed by atoms with Gasteiger partial charge in [0.1, 0.15) is 0 Å². The number of nitrogens with two attached hydrogens (primary N) is 1. The van der Waals surface area contributed by atoms with Crippen LogP contribution < -0.4 is 11.3 Å². The van der Waals surface area contributed by atoms with Gasteiger partial charge in [-0.2, -0.15) is 0 Å². The quantitative estimate of drug-likeness (QED) is 0.440. The van der Waals surface area contributed by atoms with Crippen molar-refractivity contribution in [3.8, 4) is 0 Å². The molecule has 2 aromatic heterocycles. The molecule has 108 valence electrons. The summed E-state index contributed by atoms with van der Waals surface area (Å²) in [6.45, 7) is 4.18. The van der Waals surface area contributed by atoms with Crippen LogP contribution in [0.1, 0.15) is 11.3 Å². The average molecular weight is 288 g/mol. The van der Waals surface area contributed by atoms with Crippen molar-refractivity contribution in [1.29, 1.82) is 0 Å². The van der Waals surface area contributed by atoms with Crippen LogP contribution in [0, 0.1) is 0 Å². The predicted octanol–water partition coefficient (Wildman–Crippen LogP) is 3.15. The van der Waals surface area contributed by atoms with Crippen molar-refractivity contribution in [3.63, 3.8) is 0 Å². The maximum absolute atomic E-state index is 5.52. The zero-order valence-electron chi connectivity index (χ0n) is 12.0. The summed E-state index contributed by atoms with van der Waals surface area (Å²) in [6.07, 6.45) is 5.27. The van der Waals surface area contributed by atoms with Crippen molar-refractivity contribution < 1.29 is 0 Å². The standard InChI is InChI=1S/C18H16N4/c1-13(17-7-4-5-10-20-17)16(12-22-19)14-9-11-21-18-8-3-2-6-15(14)18/h2-12,22H,1,19H2/b16-12+. The maximum atomic E-state index is 5.52. The Morgan fingerprint density at radius 3 is 2.59 bits per heavy atom. The lowest BCUT2D eigenvalue weighted by Crippen LogP contribution is -2.14. The fraction of sp³-hybridized carbons (Fsp3) is 0. The molecule has 0 radical (unpaired) electrons. The van der Waals surface area contributed by atoms with Crippen molar-refractivity contribution in [2.24, 2.45) is 5.84 Å². The Bertz CT molecular complexity index is 833. The molecular weight excluding hydrogens is 272 g/mol. The first kappa shape index (κ1) is 14.0. The third-order valence-electron chi connectivity index (χ3n) is 3.47. The number of hydrogen-bond donors (Lipinski definition) is 2. The first-order valence-corrected chi connectivity index (χ1v) is 6.92. The Morgan fingerprint density at radius 1 is 1.00 bits per heavy atom. The maximum Gasteiger partial charge on any atom is 0.0708 e. The third-order valence-corrected chi connectivity index (χ3v) is 3.47. The molecule has 0 spiro atoms. The van der Waals surface area contributed by atoms with E-state index in [1.165, 1.54) is 0 Å². The molecule has 3 N–H and O–H groups in total. The van der Waals surface area contributed by atoms with E-state index in [0.717, 1.165) is 33.3 Å². The van der Waals surface area contributed by atoms with Crippen molar-refractivity contribution in [3.05, 3.63) is 85.0 Å². The molecule has 2 heterocycles. The molecule has 22 heavy (non-hydrogen) atoms. The topological polar surface area (TPSA) is 63.8 Å². The van der Waals surface area contributed by atoms with Crippen LogP contribution in [-0.4, -0.2) is 9.97 Å². The van der Waals surface area contributed by atoms with E-state index in [4.69, 9.17) is 5.84 Å². The second kappa shape index (κ2) is 6.20. The van der Waals surface area contributed by atoms with E-state index in [1.54, 1.807) is 18.6 Å². The lowest BCUT2D eigenvalue weighted by molar-refractivity contribution is 0.971. The Labute approximate surface area is 129 Å². The molecule has 4 nitrogen and oxygen atoms in total. The van der Waals surface area contributed by atoms with Gasteiger partial charge in [0.25, 0.3) is 0 Å². The average Bonchev–Trinajstić information content (AvgIpc) is 2.59. The zero-order valence-corrected chi connectivity index (χ0v) is 12.0.